The Bertz CT molecular complexity index is 536. The van der Waals surface area contributed by atoms with Crippen LogP contribution in [0.15, 0.2) is 24.3 Å². The van der Waals surface area contributed by atoms with Gasteiger partial charge in [-0.15, -0.1) is 0 Å². The van der Waals surface area contributed by atoms with E-state index in [1.807, 2.05) is 24.3 Å². The molecule has 1 atom stereocenters. The lowest BCUT2D eigenvalue weighted by molar-refractivity contribution is -0.131. The third-order valence-electron chi connectivity index (χ3n) is 5.13. The molecule has 4 nitrogen and oxygen atoms in total. The van der Waals surface area contributed by atoms with Gasteiger partial charge < -0.3 is 15.2 Å². The topological polar surface area (TPSA) is 58.6 Å². The summed E-state index contributed by atoms with van der Waals surface area (Å²) in [5.41, 5.74) is 0.451. The number of hydrogen-bond donors (Lipinski definition) is 2. The van der Waals surface area contributed by atoms with E-state index in [9.17, 15) is 9.90 Å². The molecule has 3 rings (SSSR count). The van der Waals surface area contributed by atoms with Crippen LogP contribution in [0, 0.1) is 5.92 Å². The Morgan fingerprint density at radius 2 is 1.96 bits per heavy atom. The van der Waals surface area contributed by atoms with Gasteiger partial charge in [0.15, 0.2) is 0 Å². The number of halogens is 1. The van der Waals surface area contributed by atoms with Crippen LogP contribution in [0.5, 0.6) is 0 Å². The van der Waals surface area contributed by atoms with E-state index in [2.05, 4.69) is 5.32 Å². The van der Waals surface area contributed by atoms with E-state index < -0.39 is 5.41 Å². The number of benzene rings is 1. The van der Waals surface area contributed by atoms with E-state index in [-0.39, 0.29) is 18.6 Å². The molecule has 1 aromatic rings. The molecule has 1 unspecified atom stereocenters. The first-order chi connectivity index (χ1) is 11.2. The largest absolute Gasteiger partial charge is 0.396 e. The van der Waals surface area contributed by atoms with Gasteiger partial charge in [-0.1, -0.05) is 23.7 Å². The fraction of sp³-hybridized carbons (Fsp3) is 0.611. The molecule has 2 aliphatic rings. The number of carbonyl (C=O) groups excluding carboxylic acids is 1. The van der Waals surface area contributed by atoms with Crippen molar-refractivity contribution in [1.29, 1.82) is 0 Å². The van der Waals surface area contributed by atoms with Crippen molar-refractivity contribution in [3.8, 4) is 0 Å². The van der Waals surface area contributed by atoms with Crippen LogP contribution in [0.1, 0.15) is 37.7 Å². The summed E-state index contributed by atoms with van der Waals surface area (Å²) in [7, 11) is 0. The number of aliphatic hydroxyl groups excluding tert-OH is 1. The highest BCUT2D eigenvalue weighted by molar-refractivity contribution is 6.30. The summed E-state index contributed by atoms with van der Waals surface area (Å²) in [6, 6.07) is 7.66. The SMILES string of the molecule is O=C(NC(CCO)C1CC1)C1(c2ccc(Cl)cc2)CCOCC1. The molecule has 0 spiro atoms. The van der Waals surface area contributed by atoms with E-state index in [0.29, 0.717) is 43.4 Å². The Morgan fingerprint density at radius 3 is 2.52 bits per heavy atom. The zero-order valence-corrected chi connectivity index (χ0v) is 14.0. The molecule has 23 heavy (non-hydrogen) atoms. The van der Waals surface area contributed by atoms with Gasteiger partial charge in [0, 0.05) is 30.9 Å². The van der Waals surface area contributed by atoms with Gasteiger partial charge in [0.05, 0.1) is 5.41 Å². The van der Waals surface area contributed by atoms with Gasteiger partial charge in [-0.25, -0.2) is 0 Å². The molecule has 1 saturated heterocycles. The lowest BCUT2D eigenvalue weighted by atomic mass is 9.73. The van der Waals surface area contributed by atoms with Crippen molar-refractivity contribution < 1.29 is 14.6 Å². The number of nitrogens with one attached hydrogen (secondary N) is 1. The van der Waals surface area contributed by atoms with Crippen molar-refractivity contribution in [2.45, 2.75) is 43.6 Å². The molecular weight excluding hydrogens is 314 g/mol. The lowest BCUT2D eigenvalue weighted by Gasteiger charge is -2.37. The Hall–Kier alpha value is -1.10. The fourth-order valence-corrected chi connectivity index (χ4v) is 3.63. The Labute approximate surface area is 142 Å². The maximum absolute atomic E-state index is 13.1. The summed E-state index contributed by atoms with van der Waals surface area (Å²) < 4.78 is 5.49. The Morgan fingerprint density at radius 1 is 1.30 bits per heavy atom. The van der Waals surface area contributed by atoms with E-state index >= 15 is 0 Å². The molecule has 5 heteroatoms. The van der Waals surface area contributed by atoms with Crippen LogP contribution in [-0.4, -0.2) is 36.9 Å². The van der Waals surface area contributed by atoms with Crippen LogP contribution in [-0.2, 0) is 14.9 Å². The summed E-state index contributed by atoms with van der Waals surface area (Å²) in [5, 5.41) is 13.2. The average Bonchev–Trinajstić information content (AvgIpc) is 3.40. The molecule has 2 N–H and O–H groups in total. The van der Waals surface area contributed by atoms with Crippen LogP contribution in [0.3, 0.4) is 0 Å². The maximum atomic E-state index is 13.1. The molecule has 1 heterocycles. The van der Waals surface area contributed by atoms with Crippen molar-refractivity contribution in [3.05, 3.63) is 34.9 Å². The second-order valence-corrected chi connectivity index (χ2v) is 7.07. The van der Waals surface area contributed by atoms with Gasteiger partial charge in [0.2, 0.25) is 5.91 Å². The van der Waals surface area contributed by atoms with Crippen LogP contribution in [0.4, 0.5) is 0 Å². The van der Waals surface area contributed by atoms with Crippen molar-refractivity contribution in [3.63, 3.8) is 0 Å². The van der Waals surface area contributed by atoms with E-state index in [1.54, 1.807) is 0 Å². The molecule has 1 aliphatic heterocycles. The van der Waals surface area contributed by atoms with Gasteiger partial charge in [-0.05, 0) is 55.7 Å². The van der Waals surface area contributed by atoms with Crippen molar-refractivity contribution in [2.24, 2.45) is 5.92 Å². The van der Waals surface area contributed by atoms with Crippen molar-refractivity contribution in [2.75, 3.05) is 19.8 Å². The normalized spacial score (nSPS) is 21.7. The zero-order valence-electron chi connectivity index (χ0n) is 13.3. The minimum Gasteiger partial charge on any atom is -0.396 e. The fourth-order valence-electron chi connectivity index (χ4n) is 3.51. The molecule has 1 aliphatic carbocycles. The van der Waals surface area contributed by atoms with Crippen LogP contribution < -0.4 is 5.32 Å². The molecule has 0 aromatic heterocycles. The Balaban J connectivity index is 1.82. The van der Waals surface area contributed by atoms with Crippen LogP contribution >= 0.6 is 11.6 Å². The van der Waals surface area contributed by atoms with E-state index in [0.717, 1.165) is 18.4 Å². The number of rotatable bonds is 6. The van der Waals surface area contributed by atoms with E-state index in [4.69, 9.17) is 16.3 Å². The van der Waals surface area contributed by atoms with Crippen molar-refractivity contribution in [1.82, 2.24) is 5.32 Å². The third-order valence-corrected chi connectivity index (χ3v) is 5.38. The highest BCUT2D eigenvalue weighted by Crippen LogP contribution is 2.38. The van der Waals surface area contributed by atoms with Gasteiger partial charge >= 0.3 is 0 Å². The standard InChI is InChI=1S/C18H24ClNO3/c19-15-5-3-14(4-6-15)18(8-11-23-12-9-18)17(22)20-16(7-10-21)13-1-2-13/h3-6,13,16,21H,1-2,7-12H2,(H,20,22). The predicted molar refractivity (Wildman–Crippen MR) is 89.5 cm³/mol. The molecule has 2 fully saturated rings. The predicted octanol–water partition coefficient (Wildman–Crippen LogP) is 2.67. The molecule has 1 amide bonds. The summed E-state index contributed by atoms with van der Waals surface area (Å²) >= 11 is 6.00. The molecule has 0 radical (unpaired) electrons. The van der Waals surface area contributed by atoms with Gasteiger partial charge in [-0.2, -0.15) is 0 Å². The lowest BCUT2D eigenvalue weighted by Crippen LogP contribution is -2.51. The third kappa shape index (κ3) is 3.70. The molecular formula is C18H24ClNO3. The van der Waals surface area contributed by atoms with Gasteiger partial charge in [0.1, 0.15) is 0 Å². The Kier molecular flexibility index (Phi) is 5.24. The summed E-state index contributed by atoms with van der Waals surface area (Å²) in [6.07, 6.45) is 4.27. The summed E-state index contributed by atoms with van der Waals surface area (Å²) in [4.78, 5) is 13.1. The first-order valence-corrected chi connectivity index (χ1v) is 8.79. The quantitative estimate of drug-likeness (QED) is 0.839. The monoisotopic (exact) mass is 337 g/mol. The highest BCUT2D eigenvalue weighted by atomic mass is 35.5. The minimum absolute atomic E-state index is 0.0634. The summed E-state index contributed by atoms with van der Waals surface area (Å²) in [5.74, 6) is 0.585. The first kappa shape index (κ1) is 16.7. The zero-order chi connectivity index (χ0) is 16.3. The summed E-state index contributed by atoms with van der Waals surface area (Å²) in [6.45, 7) is 1.28. The first-order valence-electron chi connectivity index (χ1n) is 8.41. The number of ether oxygens (including phenoxy) is 1. The van der Waals surface area contributed by atoms with Crippen LogP contribution in [0.2, 0.25) is 5.02 Å². The molecule has 1 aromatic carbocycles. The number of hydrogen-bond acceptors (Lipinski definition) is 3. The second-order valence-electron chi connectivity index (χ2n) is 6.63. The van der Waals surface area contributed by atoms with Gasteiger partial charge in [0.25, 0.3) is 0 Å². The van der Waals surface area contributed by atoms with Crippen molar-refractivity contribution >= 4 is 17.5 Å². The van der Waals surface area contributed by atoms with E-state index in [1.165, 1.54) is 0 Å². The maximum Gasteiger partial charge on any atom is 0.231 e. The molecule has 1 saturated carbocycles. The van der Waals surface area contributed by atoms with Gasteiger partial charge in [-0.3, -0.25) is 4.79 Å². The van der Waals surface area contributed by atoms with Crippen LogP contribution in [0.25, 0.3) is 0 Å². The smallest absolute Gasteiger partial charge is 0.231 e. The molecule has 0 bridgehead atoms. The minimum atomic E-state index is -0.550. The second kappa shape index (κ2) is 7.20. The number of aliphatic hydroxyl groups is 1. The molecule has 126 valence electrons. The average molecular weight is 338 g/mol. The number of carbonyl (C=O) groups is 1. The number of amides is 1. The highest BCUT2D eigenvalue weighted by Gasteiger charge is 2.43.